The first kappa shape index (κ1) is 13.5. The van der Waals surface area contributed by atoms with Crippen molar-refractivity contribution < 1.29 is 4.79 Å². The summed E-state index contributed by atoms with van der Waals surface area (Å²) in [5.74, 6) is 0.425. The molecular weight excluding hydrogens is 286 g/mol. The Kier molecular flexibility index (Phi) is 3.79. The van der Waals surface area contributed by atoms with Gasteiger partial charge in [-0.15, -0.1) is 0 Å². The molecule has 2 heterocycles. The number of hydrogen-bond donors (Lipinski definition) is 1. The van der Waals surface area contributed by atoms with Crippen LogP contribution >= 0.6 is 11.6 Å². The molecule has 2 aromatic rings. The zero-order valence-electron chi connectivity index (χ0n) is 11.1. The van der Waals surface area contributed by atoms with Crippen molar-refractivity contribution in [3.8, 4) is 0 Å². The summed E-state index contributed by atoms with van der Waals surface area (Å²) in [7, 11) is 0. The number of carbonyl (C=O) groups is 1. The van der Waals surface area contributed by atoms with Gasteiger partial charge in [0.15, 0.2) is 0 Å². The van der Waals surface area contributed by atoms with Gasteiger partial charge in [-0.2, -0.15) is 0 Å². The maximum Gasteiger partial charge on any atom is 0.275 e. The lowest BCUT2D eigenvalue weighted by Gasteiger charge is -2.00. The van der Waals surface area contributed by atoms with Gasteiger partial charge in [0.25, 0.3) is 5.91 Å². The average Bonchev–Trinajstić information content (AvgIpc) is 2.82. The van der Waals surface area contributed by atoms with Crippen LogP contribution in [0.15, 0.2) is 59.4 Å². The summed E-state index contributed by atoms with van der Waals surface area (Å²) >= 11 is 5.85. The lowest BCUT2D eigenvalue weighted by atomic mass is 10.1. The number of aromatic nitrogens is 1. The van der Waals surface area contributed by atoms with E-state index < -0.39 is 0 Å². The molecule has 1 aliphatic heterocycles. The molecule has 1 aromatic carbocycles. The minimum atomic E-state index is -0.204. The number of carbonyl (C=O) groups excluding carboxylic acids is 1. The van der Waals surface area contributed by atoms with E-state index in [9.17, 15) is 4.79 Å². The van der Waals surface area contributed by atoms with Crippen molar-refractivity contribution in [1.82, 2.24) is 10.3 Å². The highest BCUT2D eigenvalue weighted by Crippen LogP contribution is 2.14. The van der Waals surface area contributed by atoms with Crippen molar-refractivity contribution in [2.45, 2.75) is 6.42 Å². The van der Waals surface area contributed by atoms with Crippen LogP contribution in [0.5, 0.6) is 0 Å². The van der Waals surface area contributed by atoms with E-state index in [1.54, 1.807) is 12.3 Å². The van der Waals surface area contributed by atoms with Gasteiger partial charge in [-0.1, -0.05) is 29.8 Å². The summed E-state index contributed by atoms with van der Waals surface area (Å²) in [4.78, 5) is 20.4. The van der Waals surface area contributed by atoms with E-state index in [2.05, 4.69) is 15.3 Å². The molecule has 1 aliphatic rings. The van der Waals surface area contributed by atoms with Crippen LogP contribution in [0.25, 0.3) is 6.08 Å². The monoisotopic (exact) mass is 297 g/mol. The molecule has 1 aromatic heterocycles. The predicted molar refractivity (Wildman–Crippen MR) is 82.9 cm³/mol. The van der Waals surface area contributed by atoms with Crippen molar-refractivity contribution in [2.75, 3.05) is 0 Å². The zero-order valence-corrected chi connectivity index (χ0v) is 11.8. The van der Waals surface area contributed by atoms with E-state index in [1.165, 1.54) is 0 Å². The molecule has 0 spiro atoms. The van der Waals surface area contributed by atoms with E-state index in [1.807, 2.05) is 42.5 Å². The van der Waals surface area contributed by atoms with Gasteiger partial charge in [-0.05, 0) is 35.9 Å². The SMILES string of the molecule is O=C1NC(Cc2ccc(Cl)cc2)=N/C1=C/c1ccccn1. The van der Waals surface area contributed by atoms with Crippen LogP contribution in [0.1, 0.15) is 11.3 Å². The zero-order chi connectivity index (χ0) is 14.7. The minimum absolute atomic E-state index is 0.204. The van der Waals surface area contributed by atoms with Crippen molar-refractivity contribution in [2.24, 2.45) is 4.99 Å². The van der Waals surface area contributed by atoms with E-state index >= 15 is 0 Å². The van der Waals surface area contributed by atoms with E-state index in [4.69, 9.17) is 11.6 Å². The molecule has 0 radical (unpaired) electrons. The van der Waals surface area contributed by atoms with Crippen LogP contribution in [0.3, 0.4) is 0 Å². The highest BCUT2D eigenvalue weighted by atomic mass is 35.5. The first-order chi connectivity index (χ1) is 10.2. The highest BCUT2D eigenvalue weighted by Gasteiger charge is 2.20. The topological polar surface area (TPSA) is 54.4 Å². The summed E-state index contributed by atoms with van der Waals surface area (Å²) in [5, 5.41) is 3.46. The maximum absolute atomic E-state index is 11.9. The van der Waals surface area contributed by atoms with Gasteiger partial charge in [0.1, 0.15) is 11.5 Å². The van der Waals surface area contributed by atoms with Crippen LogP contribution in [-0.4, -0.2) is 16.7 Å². The molecule has 0 saturated heterocycles. The molecule has 0 fully saturated rings. The summed E-state index contributed by atoms with van der Waals surface area (Å²) in [6.45, 7) is 0. The molecule has 3 rings (SSSR count). The molecule has 0 bridgehead atoms. The summed E-state index contributed by atoms with van der Waals surface area (Å²) in [6, 6.07) is 13.0. The lowest BCUT2D eigenvalue weighted by molar-refractivity contribution is -0.115. The number of pyridine rings is 1. The van der Waals surface area contributed by atoms with Crippen molar-refractivity contribution >= 4 is 29.4 Å². The molecule has 0 atom stereocenters. The Morgan fingerprint density at radius 3 is 2.67 bits per heavy atom. The van der Waals surface area contributed by atoms with E-state index in [0.717, 1.165) is 5.56 Å². The standard InChI is InChI=1S/C16H12ClN3O/c17-12-6-4-11(5-7-12)9-15-19-14(16(21)20-15)10-13-3-1-2-8-18-13/h1-8,10H,9H2,(H,19,20,21)/b14-10+. The fourth-order valence-corrected chi connectivity index (χ4v) is 2.12. The Balaban J connectivity index is 1.79. The fourth-order valence-electron chi connectivity index (χ4n) is 2.00. The molecule has 1 amide bonds. The second kappa shape index (κ2) is 5.89. The van der Waals surface area contributed by atoms with Crippen LogP contribution in [0.4, 0.5) is 0 Å². The van der Waals surface area contributed by atoms with Gasteiger partial charge < -0.3 is 5.32 Å². The normalized spacial score (nSPS) is 16.0. The van der Waals surface area contributed by atoms with Crippen LogP contribution in [-0.2, 0) is 11.2 Å². The maximum atomic E-state index is 11.9. The highest BCUT2D eigenvalue weighted by molar-refractivity contribution is 6.30. The number of hydrogen-bond acceptors (Lipinski definition) is 3. The van der Waals surface area contributed by atoms with Crippen molar-refractivity contribution in [3.63, 3.8) is 0 Å². The van der Waals surface area contributed by atoms with Crippen LogP contribution < -0.4 is 5.32 Å². The first-order valence-electron chi connectivity index (χ1n) is 6.47. The third-order valence-electron chi connectivity index (χ3n) is 3.00. The number of benzene rings is 1. The number of amidine groups is 1. The molecular formula is C16H12ClN3O. The van der Waals surface area contributed by atoms with Crippen LogP contribution in [0, 0.1) is 0 Å². The minimum Gasteiger partial charge on any atom is -0.308 e. The largest absolute Gasteiger partial charge is 0.308 e. The Morgan fingerprint density at radius 1 is 1.14 bits per heavy atom. The van der Waals surface area contributed by atoms with Gasteiger partial charge in [-0.25, -0.2) is 4.99 Å². The molecule has 4 nitrogen and oxygen atoms in total. The number of rotatable bonds is 3. The Labute approximate surface area is 127 Å². The molecule has 0 saturated carbocycles. The summed E-state index contributed by atoms with van der Waals surface area (Å²) < 4.78 is 0. The smallest absolute Gasteiger partial charge is 0.275 e. The Bertz CT molecular complexity index is 721. The molecule has 0 unspecified atom stereocenters. The third-order valence-corrected chi connectivity index (χ3v) is 3.26. The fraction of sp³-hybridized carbons (Fsp3) is 0.0625. The summed E-state index contributed by atoms with van der Waals surface area (Å²) in [6.07, 6.45) is 3.91. The summed E-state index contributed by atoms with van der Waals surface area (Å²) in [5.41, 5.74) is 2.12. The van der Waals surface area contributed by atoms with Crippen LogP contribution in [0.2, 0.25) is 5.02 Å². The number of nitrogens with one attached hydrogen (secondary N) is 1. The van der Waals surface area contributed by atoms with Crippen molar-refractivity contribution in [3.05, 3.63) is 70.6 Å². The number of halogens is 1. The van der Waals surface area contributed by atoms with Gasteiger partial charge in [0.2, 0.25) is 0 Å². The molecule has 104 valence electrons. The van der Waals surface area contributed by atoms with E-state index in [-0.39, 0.29) is 5.91 Å². The van der Waals surface area contributed by atoms with Gasteiger partial charge in [0.05, 0.1) is 5.69 Å². The number of aliphatic imine (C=N–C) groups is 1. The Morgan fingerprint density at radius 2 is 1.95 bits per heavy atom. The lowest BCUT2D eigenvalue weighted by Crippen LogP contribution is -2.25. The molecule has 5 heteroatoms. The second-order valence-electron chi connectivity index (χ2n) is 4.60. The van der Waals surface area contributed by atoms with Gasteiger partial charge in [-0.3, -0.25) is 9.78 Å². The quantitative estimate of drug-likeness (QED) is 0.886. The number of nitrogens with zero attached hydrogens (tertiary/aromatic N) is 2. The predicted octanol–water partition coefficient (Wildman–Crippen LogP) is 2.85. The first-order valence-corrected chi connectivity index (χ1v) is 6.84. The molecule has 21 heavy (non-hydrogen) atoms. The van der Waals surface area contributed by atoms with E-state index in [0.29, 0.717) is 28.7 Å². The van der Waals surface area contributed by atoms with Gasteiger partial charge >= 0.3 is 0 Å². The number of amides is 1. The average molecular weight is 298 g/mol. The molecule has 0 aliphatic carbocycles. The third kappa shape index (κ3) is 3.35. The molecule has 1 N–H and O–H groups in total. The second-order valence-corrected chi connectivity index (χ2v) is 5.04. The Hall–Kier alpha value is -2.46. The van der Waals surface area contributed by atoms with Gasteiger partial charge in [0, 0.05) is 17.6 Å². The van der Waals surface area contributed by atoms with Crippen molar-refractivity contribution in [1.29, 1.82) is 0 Å².